The quantitative estimate of drug-likeness (QED) is 0.357. The smallest absolute Gasteiger partial charge is 0.240 e. The van der Waals surface area contributed by atoms with E-state index in [1.807, 2.05) is 74.5 Å². The molecule has 2 aromatic carbocycles. The summed E-state index contributed by atoms with van der Waals surface area (Å²) >= 11 is 1.55. The van der Waals surface area contributed by atoms with E-state index in [0.717, 1.165) is 22.6 Å². The molecule has 0 unspecified atom stereocenters. The van der Waals surface area contributed by atoms with Crippen molar-refractivity contribution >= 4 is 35.0 Å². The van der Waals surface area contributed by atoms with Gasteiger partial charge in [0.25, 0.3) is 0 Å². The van der Waals surface area contributed by atoms with E-state index >= 15 is 0 Å². The molecule has 0 radical (unpaired) electrons. The summed E-state index contributed by atoms with van der Waals surface area (Å²) in [4.78, 5) is 23.7. The van der Waals surface area contributed by atoms with Crippen LogP contribution in [0, 0.1) is 0 Å². The Morgan fingerprint density at radius 3 is 1.48 bits per heavy atom. The van der Waals surface area contributed by atoms with Crippen molar-refractivity contribution < 1.29 is 9.59 Å². The highest BCUT2D eigenvalue weighted by Crippen LogP contribution is 2.05. The van der Waals surface area contributed by atoms with Crippen LogP contribution in [0.3, 0.4) is 0 Å². The Labute approximate surface area is 175 Å². The van der Waals surface area contributed by atoms with Crippen molar-refractivity contribution in [2.24, 2.45) is 10.2 Å². The number of carbonyl (C=O) groups excluding carboxylic acids is 2. The summed E-state index contributed by atoms with van der Waals surface area (Å²) in [5.41, 5.74) is 8.59. The van der Waals surface area contributed by atoms with Gasteiger partial charge in [-0.2, -0.15) is 22.0 Å². The third kappa shape index (κ3) is 8.74. The first-order chi connectivity index (χ1) is 14.1. The Balaban J connectivity index is 1.59. The van der Waals surface area contributed by atoms with Gasteiger partial charge in [-0.1, -0.05) is 60.7 Å². The van der Waals surface area contributed by atoms with E-state index < -0.39 is 0 Å². The van der Waals surface area contributed by atoms with Crippen LogP contribution in [-0.4, -0.2) is 34.7 Å². The topological polar surface area (TPSA) is 82.9 Å². The molecule has 0 fully saturated rings. The average molecular weight is 411 g/mol. The van der Waals surface area contributed by atoms with Crippen LogP contribution in [0.4, 0.5) is 0 Å². The van der Waals surface area contributed by atoms with E-state index in [2.05, 4.69) is 21.1 Å². The van der Waals surface area contributed by atoms with Gasteiger partial charge >= 0.3 is 0 Å². The zero-order valence-corrected chi connectivity index (χ0v) is 17.5. The summed E-state index contributed by atoms with van der Waals surface area (Å²) in [7, 11) is 0. The van der Waals surface area contributed by atoms with Gasteiger partial charge in [0.2, 0.25) is 11.8 Å². The predicted molar refractivity (Wildman–Crippen MR) is 120 cm³/mol. The van der Waals surface area contributed by atoms with Crippen LogP contribution in [0.5, 0.6) is 0 Å². The minimum atomic E-state index is -0.139. The fourth-order valence-corrected chi connectivity index (χ4v) is 3.19. The number of amides is 2. The van der Waals surface area contributed by atoms with Crippen molar-refractivity contribution in [3.63, 3.8) is 0 Å². The molecule has 2 rings (SSSR count). The third-order valence-electron chi connectivity index (χ3n) is 4.03. The van der Waals surface area contributed by atoms with Gasteiger partial charge in [-0.05, 0) is 25.0 Å². The summed E-state index contributed by atoms with van der Waals surface area (Å²) in [6.45, 7) is 3.70. The third-order valence-corrected chi connectivity index (χ3v) is 5.01. The molecule has 6 nitrogen and oxygen atoms in total. The van der Waals surface area contributed by atoms with E-state index in [9.17, 15) is 9.59 Å². The molecule has 2 amide bonds. The Bertz CT molecular complexity index is 780. The molecule has 0 saturated carbocycles. The number of rotatable bonds is 10. The molecule has 0 aromatic heterocycles. The van der Waals surface area contributed by atoms with Gasteiger partial charge in [0.1, 0.15) is 0 Å². The lowest BCUT2D eigenvalue weighted by molar-refractivity contribution is -0.121. The molecule has 0 bridgehead atoms. The number of nitrogens with zero attached hydrogens (tertiary/aromatic N) is 2. The van der Waals surface area contributed by atoms with E-state index in [1.165, 1.54) is 0 Å². The number of hydrogen-bond acceptors (Lipinski definition) is 5. The molecule has 0 heterocycles. The molecule has 2 N–H and O–H groups in total. The first-order valence-electron chi connectivity index (χ1n) is 9.41. The van der Waals surface area contributed by atoms with Crippen molar-refractivity contribution in [2.75, 3.05) is 11.5 Å². The van der Waals surface area contributed by atoms with Crippen LogP contribution in [-0.2, 0) is 9.59 Å². The number of carbonyl (C=O) groups is 2. The van der Waals surface area contributed by atoms with E-state index in [4.69, 9.17) is 0 Å². The second kappa shape index (κ2) is 12.5. The lowest BCUT2D eigenvalue weighted by Gasteiger charge is -2.04. The van der Waals surface area contributed by atoms with Crippen molar-refractivity contribution in [3.05, 3.63) is 71.8 Å². The van der Waals surface area contributed by atoms with Gasteiger partial charge in [-0.25, -0.2) is 10.9 Å². The van der Waals surface area contributed by atoms with Crippen molar-refractivity contribution in [3.8, 4) is 0 Å². The van der Waals surface area contributed by atoms with Crippen LogP contribution in [0.2, 0.25) is 0 Å². The molecule has 0 saturated heterocycles. The summed E-state index contributed by atoms with van der Waals surface area (Å²) < 4.78 is 0. The number of benzene rings is 2. The Morgan fingerprint density at radius 1 is 0.724 bits per heavy atom. The van der Waals surface area contributed by atoms with Crippen LogP contribution in [0.1, 0.15) is 37.8 Å². The molecule has 0 aliphatic carbocycles. The molecular formula is C22H26N4O2S. The molecule has 2 aromatic rings. The Morgan fingerprint density at radius 2 is 1.10 bits per heavy atom. The molecule has 0 spiro atoms. The predicted octanol–water partition coefficient (Wildman–Crippen LogP) is 3.58. The van der Waals surface area contributed by atoms with Gasteiger partial charge in [0.05, 0.1) is 11.4 Å². The van der Waals surface area contributed by atoms with Crippen LogP contribution in [0.25, 0.3) is 0 Å². The lowest BCUT2D eigenvalue weighted by atomic mass is 10.1. The van der Waals surface area contributed by atoms with E-state index in [0.29, 0.717) is 24.3 Å². The second-order valence-corrected chi connectivity index (χ2v) is 7.53. The monoisotopic (exact) mass is 410 g/mol. The number of hydrogen-bond donors (Lipinski definition) is 2. The van der Waals surface area contributed by atoms with Gasteiger partial charge in [-0.3, -0.25) is 9.59 Å². The van der Waals surface area contributed by atoms with Crippen molar-refractivity contribution in [1.82, 2.24) is 10.9 Å². The minimum Gasteiger partial charge on any atom is -0.273 e. The molecule has 7 heteroatoms. The molecule has 0 aliphatic rings. The van der Waals surface area contributed by atoms with Crippen LogP contribution in [0.15, 0.2) is 70.9 Å². The number of nitrogens with one attached hydrogen (secondary N) is 2. The number of thioether (sulfide) groups is 1. The fourth-order valence-electron chi connectivity index (χ4n) is 2.32. The Hall–Kier alpha value is -2.93. The van der Waals surface area contributed by atoms with Gasteiger partial charge in [0, 0.05) is 24.3 Å². The summed E-state index contributed by atoms with van der Waals surface area (Å²) in [6.07, 6.45) is 0.701. The van der Waals surface area contributed by atoms with Crippen LogP contribution >= 0.6 is 11.8 Å². The van der Waals surface area contributed by atoms with E-state index in [1.54, 1.807) is 11.8 Å². The SMILES string of the molecule is C/C(=N/NC(=O)CCSCCC(=O)N/N=C(/C)c1ccccc1)c1ccccc1. The van der Waals surface area contributed by atoms with Crippen LogP contribution < -0.4 is 10.9 Å². The zero-order valence-electron chi connectivity index (χ0n) is 16.7. The maximum Gasteiger partial charge on any atom is 0.240 e. The molecule has 152 valence electrons. The molecular weight excluding hydrogens is 384 g/mol. The summed E-state index contributed by atoms with van der Waals surface area (Å²) in [5.74, 6) is 0.983. The lowest BCUT2D eigenvalue weighted by Crippen LogP contribution is -2.20. The van der Waals surface area contributed by atoms with Gasteiger partial charge < -0.3 is 0 Å². The summed E-state index contributed by atoms with van der Waals surface area (Å²) in [5, 5.41) is 8.23. The van der Waals surface area contributed by atoms with Gasteiger partial charge in [0.15, 0.2) is 0 Å². The first-order valence-corrected chi connectivity index (χ1v) is 10.6. The maximum absolute atomic E-state index is 11.9. The zero-order chi connectivity index (χ0) is 20.9. The Kier molecular flexibility index (Phi) is 9.65. The summed E-state index contributed by atoms with van der Waals surface area (Å²) in [6, 6.07) is 19.3. The van der Waals surface area contributed by atoms with E-state index in [-0.39, 0.29) is 11.8 Å². The maximum atomic E-state index is 11.9. The molecule has 0 aliphatic heterocycles. The first kappa shape index (κ1) is 22.4. The van der Waals surface area contributed by atoms with Gasteiger partial charge in [-0.15, -0.1) is 0 Å². The minimum absolute atomic E-state index is 0.139. The highest BCUT2D eigenvalue weighted by molar-refractivity contribution is 7.99. The van der Waals surface area contributed by atoms with Crippen molar-refractivity contribution in [2.45, 2.75) is 26.7 Å². The van der Waals surface area contributed by atoms with Crippen molar-refractivity contribution in [1.29, 1.82) is 0 Å². The fraction of sp³-hybridized carbons (Fsp3) is 0.273. The highest BCUT2D eigenvalue weighted by atomic mass is 32.2. The second-order valence-electron chi connectivity index (χ2n) is 6.31. The standard InChI is InChI=1S/C22H26N4O2S/c1-17(19-9-5-3-6-10-19)23-25-21(27)13-15-29-16-14-22(28)26-24-18(2)20-11-7-4-8-12-20/h3-12H,13-16H2,1-2H3,(H,25,27)(H,26,28)/b23-17-,24-18-. The highest BCUT2D eigenvalue weighted by Gasteiger charge is 2.04. The largest absolute Gasteiger partial charge is 0.273 e. The molecule has 29 heavy (non-hydrogen) atoms. The molecule has 0 atom stereocenters. The number of hydrazone groups is 2. The average Bonchev–Trinajstić information content (AvgIpc) is 2.76. The normalized spacial score (nSPS) is 11.8.